The first-order valence-corrected chi connectivity index (χ1v) is 15.1. The average Bonchev–Trinajstić information content (AvgIpc) is 3.07. The van der Waals surface area contributed by atoms with Gasteiger partial charge in [0.25, 0.3) is 0 Å². The second kappa shape index (κ2) is 14.2. The van der Waals surface area contributed by atoms with Gasteiger partial charge in [0.1, 0.15) is 17.3 Å². The normalized spacial score (nSPS) is 12.6. The summed E-state index contributed by atoms with van der Waals surface area (Å²) < 4.78 is 12.1. The zero-order valence-electron chi connectivity index (χ0n) is 25.1. The van der Waals surface area contributed by atoms with Crippen molar-refractivity contribution in [1.82, 2.24) is 4.98 Å². The minimum absolute atomic E-state index is 0.237. The van der Waals surface area contributed by atoms with E-state index in [0.717, 1.165) is 47.1 Å². The molecule has 0 bridgehead atoms. The van der Waals surface area contributed by atoms with E-state index in [0.29, 0.717) is 42.5 Å². The molecule has 6 rings (SSSR count). The molecule has 0 unspecified atom stereocenters. The molecule has 0 aliphatic carbocycles. The summed E-state index contributed by atoms with van der Waals surface area (Å²) >= 11 is 0. The number of ether oxygens (including phenoxy) is 2. The Morgan fingerprint density at radius 1 is 0.756 bits per heavy atom. The Labute approximate surface area is 263 Å². The number of nitrogens with zero attached hydrogens (tertiary/aromatic N) is 3. The number of anilines is 3. The van der Waals surface area contributed by atoms with Crippen LogP contribution in [0.25, 0.3) is 0 Å². The van der Waals surface area contributed by atoms with Gasteiger partial charge in [-0.3, -0.25) is 9.89 Å². The molecule has 0 saturated carbocycles. The second-order valence-electron chi connectivity index (χ2n) is 10.6. The van der Waals surface area contributed by atoms with Crippen LogP contribution in [0, 0.1) is 0 Å². The molecule has 8 heteroatoms. The topological polar surface area (TPSA) is 88.1 Å². The van der Waals surface area contributed by atoms with Crippen LogP contribution in [0.5, 0.6) is 23.0 Å². The molecule has 45 heavy (non-hydrogen) atoms. The van der Waals surface area contributed by atoms with Crippen LogP contribution in [-0.2, 0) is 12.8 Å². The Balaban J connectivity index is 1.10. The van der Waals surface area contributed by atoms with Crippen LogP contribution < -0.4 is 25.0 Å². The number of pyridine rings is 1. The maximum Gasteiger partial charge on any atom is 0.327 e. The summed E-state index contributed by atoms with van der Waals surface area (Å²) in [5.41, 5.74) is 3.38. The van der Waals surface area contributed by atoms with Crippen molar-refractivity contribution in [2.24, 2.45) is 4.99 Å². The van der Waals surface area contributed by atoms with E-state index in [1.165, 1.54) is 0 Å². The summed E-state index contributed by atoms with van der Waals surface area (Å²) in [6.07, 6.45) is 2.39. The van der Waals surface area contributed by atoms with Gasteiger partial charge in [-0.2, -0.15) is 0 Å². The van der Waals surface area contributed by atoms with Crippen molar-refractivity contribution in [2.75, 3.05) is 28.6 Å². The maximum absolute atomic E-state index is 13.5. The van der Waals surface area contributed by atoms with Crippen LogP contribution in [-0.4, -0.2) is 29.9 Å². The van der Waals surface area contributed by atoms with Crippen molar-refractivity contribution in [3.8, 4) is 23.0 Å². The Hall–Kier alpha value is -5.63. The summed E-state index contributed by atoms with van der Waals surface area (Å²) in [4.78, 5) is 24.9. The van der Waals surface area contributed by atoms with E-state index in [9.17, 15) is 4.79 Å². The van der Waals surface area contributed by atoms with E-state index in [4.69, 9.17) is 19.5 Å². The highest BCUT2D eigenvalue weighted by molar-refractivity contribution is 6.02. The zero-order valence-corrected chi connectivity index (χ0v) is 25.1. The number of nitrogens with one attached hydrogen (secondary N) is 2. The number of aliphatic imine (C=N–C) groups is 1. The number of fused-ring (bicyclic) bond motifs is 1. The molecule has 2 amide bonds. The highest BCUT2D eigenvalue weighted by atomic mass is 16.5. The largest absolute Gasteiger partial charge is 0.455 e. The van der Waals surface area contributed by atoms with Gasteiger partial charge in [-0.05, 0) is 79.9 Å². The van der Waals surface area contributed by atoms with Crippen LogP contribution in [0.1, 0.15) is 24.6 Å². The molecule has 1 aliphatic rings. The lowest BCUT2D eigenvalue weighted by Crippen LogP contribution is -2.39. The van der Waals surface area contributed by atoms with Crippen LogP contribution in [0.3, 0.4) is 0 Å². The van der Waals surface area contributed by atoms with Gasteiger partial charge in [-0.25, -0.2) is 9.78 Å². The molecule has 226 valence electrons. The van der Waals surface area contributed by atoms with Gasteiger partial charge in [-0.15, -0.1) is 0 Å². The summed E-state index contributed by atoms with van der Waals surface area (Å²) in [5, 5.41) is 6.41. The lowest BCUT2D eigenvalue weighted by molar-refractivity contribution is 0.256. The van der Waals surface area contributed by atoms with Crippen LogP contribution in [0.15, 0.2) is 126 Å². The number of hydrogen-bond acceptors (Lipinski definition) is 5. The van der Waals surface area contributed by atoms with E-state index in [1.807, 2.05) is 122 Å². The number of amides is 2. The predicted octanol–water partition coefficient (Wildman–Crippen LogP) is 8.72. The molecule has 4 aromatic carbocycles. The van der Waals surface area contributed by atoms with E-state index in [1.54, 1.807) is 4.90 Å². The lowest BCUT2D eigenvalue weighted by Gasteiger charge is -2.29. The van der Waals surface area contributed by atoms with Crippen molar-refractivity contribution in [1.29, 1.82) is 0 Å². The maximum atomic E-state index is 13.5. The number of para-hydroxylation sites is 6. The van der Waals surface area contributed by atoms with Gasteiger partial charge in [0.15, 0.2) is 11.5 Å². The quantitative estimate of drug-likeness (QED) is 0.131. The molecule has 0 radical (unpaired) electrons. The van der Waals surface area contributed by atoms with Gasteiger partial charge in [0, 0.05) is 25.2 Å². The third-order valence-corrected chi connectivity index (χ3v) is 7.33. The van der Waals surface area contributed by atoms with Gasteiger partial charge >= 0.3 is 6.03 Å². The number of aryl methyl sites for hydroxylation is 1. The SMILES string of the molecule is CC(=NCCc1ccc2c(n1)N(C(=O)Nc1ccccc1Oc1ccccc1)CCC2)Nc1ccccc1Oc1ccccc1. The lowest BCUT2D eigenvalue weighted by atomic mass is 10.0. The molecule has 0 spiro atoms. The molecule has 0 fully saturated rings. The molecule has 0 atom stereocenters. The van der Waals surface area contributed by atoms with Crippen LogP contribution >= 0.6 is 0 Å². The van der Waals surface area contributed by atoms with E-state index < -0.39 is 0 Å². The van der Waals surface area contributed by atoms with Crippen molar-refractivity contribution < 1.29 is 14.3 Å². The van der Waals surface area contributed by atoms with Gasteiger partial charge in [0.2, 0.25) is 0 Å². The molecule has 5 aromatic rings. The molecule has 8 nitrogen and oxygen atoms in total. The van der Waals surface area contributed by atoms with Gasteiger partial charge in [0.05, 0.1) is 17.2 Å². The fraction of sp³-hybridized carbons (Fsp3) is 0.162. The van der Waals surface area contributed by atoms with Crippen LogP contribution in [0.4, 0.5) is 22.0 Å². The third kappa shape index (κ3) is 7.67. The number of rotatable bonds is 9. The highest BCUT2D eigenvalue weighted by Gasteiger charge is 2.25. The Morgan fingerprint density at radius 3 is 1.98 bits per heavy atom. The molecule has 1 aromatic heterocycles. The Kier molecular flexibility index (Phi) is 9.31. The number of carbonyl (C=O) groups excluding carboxylic acids is 1. The van der Waals surface area contributed by atoms with E-state index >= 15 is 0 Å². The predicted molar refractivity (Wildman–Crippen MR) is 180 cm³/mol. The number of aromatic nitrogens is 1. The standard InChI is InChI=1S/C37H35N5O3/c1-27(39-32-18-8-10-20-34(32)44-30-14-4-2-5-15-30)38-25-24-29-23-22-28-13-12-26-42(36(28)40-29)37(43)41-33-19-9-11-21-35(33)45-31-16-6-3-7-17-31/h2-11,14-23H,12-13,24-26H2,1H3,(H,38,39)(H,41,43). The van der Waals surface area contributed by atoms with E-state index in [-0.39, 0.29) is 6.03 Å². The van der Waals surface area contributed by atoms with Crippen molar-refractivity contribution in [3.05, 3.63) is 133 Å². The first-order valence-electron chi connectivity index (χ1n) is 15.1. The van der Waals surface area contributed by atoms with Crippen molar-refractivity contribution >= 4 is 29.1 Å². The smallest absolute Gasteiger partial charge is 0.327 e. The fourth-order valence-corrected chi connectivity index (χ4v) is 5.12. The van der Waals surface area contributed by atoms with Crippen LogP contribution in [0.2, 0.25) is 0 Å². The number of benzene rings is 4. The third-order valence-electron chi connectivity index (χ3n) is 7.33. The first kappa shape index (κ1) is 29.4. The minimum Gasteiger partial charge on any atom is -0.455 e. The Bertz CT molecular complexity index is 1780. The number of carbonyl (C=O) groups is 1. The summed E-state index contributed by atoms with van der Waals surface area (Å²) in [6, 6.07) is 38.3. The van der Waals surface area contributed by atoms with Gasteiger partial charge in [-0.1, -0.05) is 66.7 Å². The first-order chi connectivity index (χ1) is 22.1. The Morgan fingerprint density at radius 2 is 1.33 bits per heavy atom. The molecule has 2 heterocycles. The molecule has 0 saturated heterocycles. The number of urea groups is 1. The number of amidine groups is 1. The average molecular weight is 598 g/mol. The summed E-state index contributed by atoms with van der Waals surface area (Å²) in [5.74, 6) is 4.24. The van der Waals surface area contributed by atoms with Crippen molar-refractivity contribution in [3.63, 3.8) is 0 Å². The molecular formula is C37H35N5O3. The highest BCUT2D eigenvalue weighted by Crippen LogP contribution is 2.32. The minimum atomic E-state index is -0.237. The summed E-state index contributed by atoms with van der Waals surface area (Å²) in [7, 11) is 0. The second-order valence-corrected chi connectivity index (χ2v) is 10.6. The molecule has 2 N–H and O–H groups in total. The molecule has 1 aliphatic heterocycles. The fourth-order valence-electron chi connectivity index (χ4n) is 5.12. The monoisotopic (exact) mass is 597 g/mol. The van der Waals surface area contributed by atoms with Crippen molar-refractivity contribution in [2.45, 2.75) is 26.2 Å². The summed E-state index contributed by atoms with van der Waals surface area (Å²) in [6.45, 7) is 3.07. The molecular weight excluding hydrogens is 562 g/mol. The van der Waals surface area contributed by atoms with E-state index in [2.05, 4.69) is 16.7 Å². The zero-order chi connectivity index (χ0) is 30.8. The van der Waals surface area contributed by atoms with Gasteiger partial charge < -0.3 is 20.1 Å². The number of hydrogen-bond donors (Lipinski definition) is 2.